The number of nitrogens with zero attached hydrogens (tertiary/aromatic N) is 7. The van der Waals surface area contributed by atoms with E-state index in [2.05, 4.69) is 25.0 Å². The number of hydrogen-bond acceptors (Lipinski definition) is 7. The maximum Gasteiger partial charge on any atom is 0.266 e. The van der Waals surface area contributed by atoms with Crippen molar-refractivity contribution in [2.45, 2.75) is 20.0 Å². The predicted octanol–water partition coefficient (Wildman–Crippen LogP) is 0.543. The number of rotatable bonds is 6. The standard InChI is InChI=1S/C18H23N7O2/c1-15-20-16(14-27-15)13-23-9-7-22(8-10-23)11-12-25-18(26)4-3-17(21-25)24-6-2-5-19-24/h2-6,14H,7-13H2,1H3. The number of piperazine rings is 1. The molecule has 0 unspecified atom stereocenters. The molecule has 142 valence electrons. The zero-order valence-corrected chi connectivity index (χ0v) is 15.4. The molecule has 0 spiro atoms. The normalized spacial score (nSPS) is 16.0. The van der Waals surface area contributed by atoms with E-state index in [9.17, 15) is 4.79 Å². The largest absolute Gasteiger partial charge is 0.449 e. The molecule has 0 amide bonds. The summed E-state index contributed by atoms with van der Waals surface area (Å²) in [6.45, 7) is 7.91. The van der Waals surface area contributed by atoms with Crippen LogP contribution in [0.25, 0.3) is 5.82 Å². The molecule has 9 heteroatoms. The van der Waals surface area contributed by atoms with Gasteiger partial charge in [0.2, 0.25) is 0 Å². The Kier molecular flexibility index (Phi) is 5.12. The van der Waals surface area contributed by atoms with E-state index in [1.807, 2.05) is 19.2 Å². The minimum Gasteiger partial charge on any atom is -0.449 e. The zero-order chi connectivity index (χ0) is 18.6. The first-order valence-electron chi connectivity index (χ1n) is 9.11. The molecule has 1 saturated heterocycles. The highest BCUT2D eigenvalue weighted by molar-refractivity contribution is 5.17. The van der Waals surface area contributed by atoms with E-state index in [4.69, 9.17) is 4.42 Å². The van der Waals surface area contributed by atoms with E-state index in [0.29, 0.717) is 18.3 Å². The van der Waals surface area contributed by atoms with Crippen molar-refractivity contribution in [1.82, 2.24) is 34.3 Å². The molecule has 0 bridgehead atoms. The van der Waals surface area contributed by atoms with Crippen molar-refractivity contribution in [3.05, 3.63) is 58.8 Å². The maximum absolute atomic E-state index is 12.1. The molecule has 0 N–H and O–H groups in total. The molecule has 9 nitrogen and oxygen atoms in total. The van der Waals surface area contributed by atoms with Crippen molar-refractivity contribution in [3.63, 3.8) is 0 Å². The predicted molar refractivity (Wildman–Crippen MR) is 98.6 cm³/mol. The summed E-state index contributed by atoms with van der Waals surface area (Å²) in [5.74, 6) is 1.35. The van der Waals surface area contributed by atoms with E-state index >= 15 is 0 Å². The van der Waals surface area contributed by atoms with Crippen LogP contribution in [0.2, 0.25) is 0 Å². The van der Waals surface area contributed by atoms with Crippen molar-refractivity contribution in [2.75, 3.05) is 32.7 Å². The minimum absolute atomic E-state index is 0.0917. The van der Waals surface area contributed by atoms with Gasteiger partial charge in [-0.05, 0) is 12.1 Å². The molecule has 4 heterocycles. The third kappa shape index (κ3) is 4.32. The Morgan fingerprint density at radius 1 is 1.11 bits per heavy atom. The van der Waals surface area contributed by atoms with Crippen LogP contribution in [0.3, 0.4) is 0 Å². The zero-order valence-electron chi connectivity index (χ0n) is 15.4. The average Bonchev–Trinajstić information content (AvgIpc) is 3.34. The Morgan fingerprint density at radius 2 is 1.93 bits per heavy atom. The summed E-state index contributed by atoms with van der Waals surface area (Å²) in [5.41, 5.74) is 0.887. The summed E-state index contributed by atoms with van der Waals surface area (Å²) in [5, 5.41) is 8.58. The molecule has 3 aromatic rings. The van der Waals surface area contributed by atoms with Gasteiger partial charge in [-0.1, -0.05) is 0 Å². The molecule has 1 fully saturated rings. The summed E-state index contributed by atoms with van der Waals surface area (Å²) in [7, 11) is 0. The van der Waals surface area contributed by atoms with Gasteiger partial charge < -0.3 is 4.42 Å². The quantitative estimate of drug-likeness (QED) is 0.627. The monoisotopic (exact) mass is 369 g/mol. The van der Waals surface area contributed by atoms with Gasteiger partial charge in [-0.25, -0.2) is 14.3 Å². The highest BCUT2D eigenvalue weighted by atomic mass is 16.3. The van der Waals surface area contributed by atoms with E-state index in [0.717, 1.165) is 45.0 Å². The second kappa shape index (κ2) is 7.85. The van der Waals surface area contributed by atoms with E-state index in [1.165, 1.54) is 4.68 Å². The molecule has 1 aliphatic heterocycles. The van der Waals surface area contributed by atoms with Gasteiger partial charge in [0.25, 0.3) is 5.56 Å². The van der Waals surface area contributed by atoms with Gasteiger partial charge in [0.15, 0.2) is 11.7 Å². The summed E-state index contributed by atoms with van der Waals surface area (Å²) in [4.78, 5) is 21.2. The molecule has 0 aliphatic carbocycles. The molecule has 3 aromatic heterocycles. The first-order valence-corrected chi connectivity index (χ1v) is 9.11. The van der Waals surface area contributed by atoms with Gasteiger partial charge in [-0.2, -0.15) is 5.10 Å². The second-order valence-electron chi connectivity index (χ2n) is 6.68. The van der Waals surface area contributed by atoms with Crippen molar-refractivity contribution < 1.29 is 4.42 Å². The van der Waals surface area contributed by atoms with Crippen LogP contribution in [0.4, 0.5) is 0 Å². The van der Waals surface area contributed by atoms with Crippen molar-refractivity contribution in [2.24, 2.45) is 0 Å². The SMILES string of the molecule is Cc1nc(CN2CCN(CCn3nc(-n4cccn4)ccc3=O)CC2)co1. The topological polar surface area (TPSA) is 85.2 Å². The lowest BCUT2D eigenvalue weighted by Crippen LogP contribution is -2.47. The molecule has 4 rings (SSSR count). The van der Waals surface area contributed by atoms with E-state index in [1.54, 1.807) is 29.3 Å². The van der Waals surface area contributed by atoms with Gasteiger partial charge in [0.1, 0.15) is 6.26 Å². The van der Waals surface area contributed by atoms with Gasteiger partial charge in [0, 0.05) is 64.7 Å². The van der Waals surface area contributed by atoms with Gasteiger partial charge in [0.05, 0.1) is 12.2 Å². The summed E-state index contributed by atoms with van der Waals surface area (Å²) >= 11 is 0. The molecular formula is C18H23N7O2. The lowest BCUT2D eigenvalue weighted by Gasteiger charge is -2.34. The molecule has 0 saturated carbocycles. The Balaban J connectivity index is 1.30. The molecular weight excluding hydrogens is 346 g/mol. The third-order valence-corrected chi connectivity index (χ3v) is 4.74. The summed E-state index contributed by atoms with van der Waals surface area (Å²) in [6, 6.07) is 5.06. The fraction of sp³-hybridized carbons (Fsp3) is 0.444. The highest BCUT2D eigenvalue weighted by Crippen LogP contribution is 2.08. The van der Waals surface area contributed by atoms with Crippen LogP contribution in [0.15, 0.2) is 46.1 Å². The van der Waals surface area contributed by atoms with Crippen LogP contribution >= 0.6 is 0 Å². The van der Waals surface area contributed by atoms with Crippen LogP contribution in [0.1, 0.15) is 11.6 Å². The van der Waals surface area contributed by atoms with Crippen molar-refractivity contribution in [3.8, 4) is 5.82 Å². The van der Waals surface area contributed by atoms with Crippen LogP contribution in [-0.2, 0) is 13.1 Å². The van der Waals surface area contributed by atoms with E-state index < -0.39 is 0 Å². The Bertz CT molecular complexity index is 923. The van der Waals surface area contributed by atoms with Crippen LogP contribution in [-0.4, -0.2) is 67.1 Å². The smallest absolute Gasteiger partial charge is 0.266 e. The van der Waals surface area contributed by atoms with Gasteiger partial charge in [-0.15, -0.1) is 5.10 Å². The number of hydrogen-bond donors (Lipinski definition) is 0. The number of aryl methyl sites for hydroxylation is 1. The molecule has 0 atom stereocenters. The molecule has 27 heavy (non-hydrogen) atoms. The minimum atomic E-state index is -0.0917. The van der Waals surface area contributed by atoms with Gasteiger partial charge >= 0.3 is 0 Å². The van der Waals surface area contributed by atoms with Crippen LogP contribution in [0, 0.1) is 6.92 Å². The maximum atomic E-state index is 12.1. The second-order valence-corrected chi connectivity index (χ2v) is 6.68. The summed E-state index contributed by atoms with van der Waals surface area (Å²) in [6.07, 6.45) is 5.23. The fourth-order valence-corrected chi connectivity index (χ4v) is 3.24. The van der Waals surface area contributed by atoms with Crippen LogP contribution < -0.4 is 5.56 Å². The first-order chi connectivity index (χ1) is 13.2. The third-order valence-electron chi connectivity index (χ3n) is 4.74. The highest BCUT2D eigenvalue weighted by Gasteiger charge is 2.18. The van der Waals surface area contributed by atoms with Gasteiger partial charge in [-0.3, -0.25) is 14.6 Å². The number of oxazole rings is 1. The van der Waals surface area contributed by atoms with E-state index in [-0.39, 0.29) is 5.56 Å². The van der Waals surface area contributed by atoms with Crippen LogP contribution in [0.5, 0.6) is 0 Å². The fourth-order valence-electron chi connectivity index (χ4n) is 3.24. The average molecular weight is 369 g/mol. The molecule has 0 aromatic carbocycles. The Labute approximate surface area is 156 Å². The van der Waals surface area contributed by atoms with Crippen molar-refractivity contribution >= 4 is 0 Å². The molecule has 1 aliphatic rings. The Morgan fingerprint density at radius 3 is 2.63 bits per heavy atom. The summed E-state index contributed by atoms with van der Waals surface area (Å²) < 4.78 is 8.44. The molecule has 0 radical (unpaired) electrons. The lowest BCUT2D eigenvalue weighted by atomic mass is 10.3. The first kappa shape index (κ1) is 17.6. The Hall–Kier alpha value is -2.78. The van der Waals surface area contributed by atoms with Crippen molar-refractivity contribution in [1.29, 1.82) is 0 Å². The lowest BCUT2D eigenvalue weighted by molar-refractivity contribution is 0.121. The number of aromatic nitrogens is 5.